The Bertz CT molecular complexity index is 1250. The molecule has 1 N–H and O–H groups in total. The highest BCUT2D eigenvalue weighted by molar-refractivity contribution is 8.00. The molecule has 160 valence electrons. The largest absolute Gasteiger partial charge is 0.441 e. The van der Waals surface area contributed by atoms with Gasteiger partial charge in [0.05, 0.1) is 17.8 Å². The SMILES string of the molecule is N#Cc1ccc(CSc2nnc(NC(=O)CCc3ncc(-c4ccc(Cl)cc4)o3)s2)cc1. The van der Waals surface area contributed by atoms with Crippen LogP contribution in [0.2, 0.25) is 5.02 Å². The Morgan fingerprint density at radius 3 is 2.69 bits per heavy atom. The number of thioether (sulfide) groups is 1. The lowest BCUT2D eigenvalue weighted by atomic mass is 10.2. The highest BCUT2D eigenvalue weighted by atomic mass is 35.5. The zero-order valence-electron chi connectivity index (χ0n) is 16.6. The lowest BCUT2D eigenvalue weighted by molar-refractivity contribution is -0.116. The van der Waals surface area contributed by atoms with E-state index in [2.05, 4.69) is 26.6 Å². The second-order valence-corrected chi connectivity index (χ2v) is 9.28. The van der Waals surface area contributed by atoms with Crippen molar-refractivity contribution in [3.8, 4) is 17.4 Å². The number of aromatic nitrogens is 3. The first-order valence-electron chi connectivity index (χ1n) is 9.55. The molecule has 2 aromatic carbocycles. The molecule has 0 radical (unpaired) electrons. The first kappa shape index (κ1) is 22.0. The number of halogens is 1. The van der Waals surface area contributed by atoms with Crippen LogP contribution < -0.4 is 5.32 Å². The molecule has 0 bridgehead atoms. The van der Waals surface area contributed by atoms with E-state index in [0.29, 0.717) is 39.5 Å². The smallest absolute Gasteiger partial charge is 0.226 e. The molecule has 0 saturated heterocycles. The maximum absolute atomic E-state index is 12.3. The summed E-state index contributed by atoms with van der Waals surface area (Å²) >= 11 is 8.75. The zero-order valence-corrected chi connectivity index (χ0v) is 19.0. The molecule has 1 amide bonds. The Hall–Kier alpha value is -3.19. The van der Waals surface area contributed by atoms with Crippen molar-refractivity contribution >= 4 is 45.7 Å². The third-order valence-electron chi connectivity index (χ3n) is 4.35. The fraction of sp³-hybridized carbons (Fsp3) is 0.136. The number of rotatable bonds is 8. The highest BCUT2D eigenvalue weighted by Crippen LogP contribution is 2.28. The second-order valence-electron chi connectivity index (χ2n) is 6.64. The first-order valence-corrected chi connectivity index (χ1v) is 11.7. The van der Waals surface area contributed by atoms with E-state index in [1.54, 1.807) is 30.5 Å². The number of nitrogens with zero attached hydrogens (tertiary/aromatic N) is 4. The molecule has 0 unspecified atom stereocenters. The number of nitriles is 1. The van der Waals surface area contributed by atoms with Gasteiger partial charge in [-0.3, -0.25) is 4.79 Å². The monoisotopic (exact) mass is 481 g/mol. The van der Waals surface area contributed by atoms with Gasteiger partial charge < -0.3 is 9.73 Å². The Morgan fingerprint density at radius 2 is 1.94 bits per heavy atom. The molecule has 10 heteroatoms. The van der Waals surface area contributed by atoms with E-state index >= 15 is 0 Å². The van der Waals surface area contributed by atoms with Gasteiger partial charge in [0.25, 0.3) is 0 Å². The van der Waals surface area contributed by atoms with E-state index in [1.807, 2.05) is 24.3 Å². The number of oxazole rings is 1. The number of hydrogen-bond acceptors (Lipinski definition) is 8. The number of benzene rings is 2. The van der Waals surface area contributed by atoms with Crippen LogP contribution in [0.25, 0.3) is 11.3 Å². The van der Waals surface area contributed by atoms with Crippen LogP contribution in [0.1, 0.15) is 23.4 Å². The number of aryl methyl sites for hydroxylation is 1. The van der Waals surface area contributed by atoms with Gasteiger partial charge in [-0.1, -0.05) is 46.8 Å². The van der Waals surface area contributed by atoms with E-state index in [0.717, 1.165) is 15.5 Å². The molecule has 2 heterocycles. The third kappa shape index (κ3) is 5.95. The molecular formula is C22H16ClN5O2S2. The van der Waals surface area contributed by atoms with Crippen LogP contribution in [-0.4, -0.2) is 21.1 Å². The molecule has 4 rings (SSSR count). The van der Waals surface area contributed by atoms with Gasteiger partial charge in [-0.15, -0.1) is 10.2 Å². The van der Waals surface area contributed by atoms with Gasteiger partial charge >= 0.3 is 0 Å². The number of nitrogens with one attached hydrogen (secondary N) is 1. The van der Waals surface area contributed by atoms with E-state index in [9.17, 15) is 4.79 Å². The molecule has 2 aromatic heterocycles. The van der Waals surface area contributed by atoms with Crippen LogP contribution in [0.3, 0.4) is 0 Å². The van der Waals surface area contributed by atoms with Crippen molar-refractivity contribution in [2.75, 3.05) is 5.32 Å². The lowest BCUT2D eigenvalue weighted by Crippen LogP contribution is -2.12. The maximum Gasteiger partial charge on any atom is 0.226 e. The minimum absolute atomic E-state index is 0.184. The molecule has 32 heavy (non-hydrogen) atoms. The molecule has 0 aliphatic carbocycles. The van der Waals surface area contributed by atoms with Gasteiger partial charge in [-0.25, -0.2) is 4.98 Å². The summed E-state index contributed by atoms with van der Waals surface area (Å²) in [5.74, 6) is 1.64. The van der Waals surface area contributed by atoms with Crippen molar-refractivity contribution in [3.63, 3.8) is 0 Å². The number of carbonyl (C=O) groups is 1. The topological polar surface area (TPSA) is 105 Å². The minimum atomic E-state index is -0.184. The average molecular weight is 482 g/mol. The number of carbonyl (C=O) groups excluding carboxylic acids is 1. The van der Waals surface area contributed by atoms with Crippen molar-refractivity contribution < 1.29 is 9.21 Å². The summed E-state index contributed by atoms with van der Waals surface area (Å²) in [6.45, 7) is 0. The Kier molecular flexibility index (Phi) is 7.17. The molecule has 4 aromatic rings. The summed E-state index contributed by atoms with van der Waals surface area (Å²) in [6, 6.07) is 16.8. The van der Waals surface area contributed by atoms with E-state index in [1.165, 1.54) is 23.1 Å². The number of amides is 1. The first-order chi connectivity index (χ1) is 15.6. The minimum Gasteiger partial charge on any atom is -0.441 e. The van der Waals surface area contributed by atoms with Gasteiger partial charge in [-0.2, -0.15) is 5.26 Å². The molecule has 0 saturated carbocycles. The standard InChI is InChI=1S/C22H16ClN5O2S2/c23-17-7-5-16(6-8-17)18-12-25-20(30-18)10-9-19(29)26-21-27-28-22(32-21)31-13-15-3-1-14(11-24)2-4-15/h1-8,12H,9-10,13H2,(H,26,27,29). The normalized spacial score (nSPS) is 10.6. The van der Waals surface area contributed by atoms with Crippen molar-refractivity contribution in [1.29, 1.82) is 5.26 Å². The fourth-order valence-electron chi connectivity index (χ4n) is 2.71. The lowest BCUT2D eigenvalue weighted by Gasteiger charge is -1.99. The molecule has 0 spiro atoms. The third-order valence-corrected chi connectivity index (χ3v) is 6.64. The van der Waals surface area contributed by atoms with Crippen LogP contribution in [0.15, 0.2) is 63.5 Å². The highest BCUT2D eigenvalue weighted by Gasteiger charge is 2.12. The van der Waals surface area contributed by atoms with E-state index < -0.39 is 0 Å². The van der Waals surface area contributed by atoms with Crippen molar-refractivity contribution in [2.24, 2.45) is 0 Å². The summed E-state index contributed by atoms with van der Waals surface area (Å²) in [5.41, 5.74) is 2.59. The molecule has 7 nitrogen and oxygen atoms in total. The van der Waals surface area contributed by atoms with Crippen molar-refractivity contribution in [3.05, 3.63) is 76.8 Å². The van der Waals surface area contributed by atoms with Gasteiger partial charge in [0, 0.05) is 29.2 Å². The van der Waals surface area contributed by atoms with Crippen LogP contribution in [0.4, 0.5) is 5.13 Å². The Morgan fingerprint density at radius 1 is 1.16 bits per heavy atom. The number of anilines is 1. The van der Waals surface area contributed by atoms with Gasteiger partial charge in [0.1, 0.15) is 0 Å². The van der Waals surface area contributed by atoms with E-state index in [4.69, 9.17) is 21.3 Å². The van der Waals surface area contributed by atoms with Gasteiger partial charge in [0.15, 0.2) is 16.0 Å². The van der Waals surface area contributed by atoms with E-state index in [-0.39, 0.29) is 12.3 Å². The summed E-state index contributed by atoms with van der Waals surface area (Å²) in [7, 11) is 0. The molecule has 0 atom stereocenters. The summed E-state index contributed by atoms with van der Waals surface area (Å²) < 4.78 is 6.48. The molecule has 0 aliphatic rings. The second kappa shape index (κ2) is 10.4. The molecule has 0 fully saturated rings. The zero-order chi connectivity index (χ0) is 22.3. The summed E-state index contributed by atoms with van der Waals surface area (Å²) in [5, 5.41) is 20.8. The Balaban J connectivity index is 1.24. The van der Waals surface area contributed by atoms with Crippen LogP contribution >= 0.6 is 34.7 Å². The summed E-state index contributed by atoms with van der Waals surface area (Å²) in [4.78, 5) is 16.5. The van der Waals surface area contributed by atoms with Crippen LogP contribution in [0.5, 0.6) is 0 Å². The van der Waals surface area contributed by atoms with Crippen molar-refractivity contribution in [1.82, 2.24) is 15.2 Å². The Labute approximate surface area is 197 Å². The molecular weight excluding hydrogens is 466 g/mol. The quantitative estimate of drug-likeness (QED) is 0.258. The van der Waals surface area contributed by atoms with Crippen LogP contribution in [-0.2, 0) is 17.0 Å². The maximum atomic E-state index is 12.3. The molecule has 0 aliphatic heterocycles. The van der Waals surface area contributed by atoms with Gasteiger partial charge in [-0.05, 0) is 42.0 Å². The summed E-state index contributed by atoms with van der Waals surface area (Å²) in [6.07, 6.45) is 2.23. The van der Waals surface area contributed by atoms with Crippen LogP contribution in [0, 0.1) is 11.3 Å². The van der Waals surface area contributed by atoms with Crippen molar-refractivity contribution in [2.45, 2.75) is 22.9 Å². The predicted octanol–water partition coefficient (Wildman–Crippen LogP) is 5.58. The van der Waals surface area contributed by atoms with Gasteiger partial charge in [0.2, 0.25) is 11.0 Å². The fourth-order valence-corrected chi connectivity index (χ4v) is 4.56. The predicted molar refractivity (Wildman–Crippen MR) is 125 cm³/mol. The average Bonchev–Trinajstić information content (AvgIpc) is 3.47. The number of hydrogen-bond donors (Lipinski definition) is 1.